The number of carbonyl (C=O) groups excluding carboxylic acids is 3. The first kappa shape index (κ1) is 19.8. The molecular formula is C23H21N3O3. The normalized spacial score (nSPS) is 10.1. The lowest BCUT2D eigenvalue weighted by molar-refractivity contribution is -0.116. The van der Waals surface area contributed by atoms with Crippen LogP contribution in [0.2, 0.25) is 0 Å². The van der Waals surface area contributed by atoms with Gasteiger partial charge in [-0.15, -0.1) is 0 Å². The van der Waals surface area contributed by atoms with Crippen molar-refractivity contribution in [2.45, 2.75) is 13.3 Å². The molecule has 0 spiro atoms. The minimum Gasteiger partial charge on any atom is -0.326 e. The molecule has 146 valence electrons. The largest absolute Gasteiger partial charge is 0.326 e. The number of benzene rings is 3. The van der Waals surface area contributed by atoms with Gasteiger partial charge in [0.15, 0.2) is 0 Å². The molecule has 29 heavy (non-hydrogen) atoms. The number of hydrogen-bond donors (Lipinski definition) is 3. The van der Waals surface area contributed by atoms with Gasteiger partial charge in [-0.25, -0.2) is 0 Å². The summed E-state index contributed by atoms with van der Waals surface area (Å²) in [5, 5.41) is 8.28. The number of nitrogens with one attached hydrogen (secondary N) is 3. The summed E-state index contributed by atoms with van der Waals surface area (Å²) in [7, 11) is 0. The monoisotopic (exact) mass is 387 g/mol. The van der Waals surface area contributed by atoms with Gasteiger partial charge in [-0.3, -0.25) is 14.4 Å². The first-order chi connectivity index (χ1) is 14.0. The minimum absolute atomic E-state index is 0.122. The van der Waals surface area contributed by atoms with Crippen molar-refractivity contribution < 1.29 is 14.4 Å². The Morgan fingerprint density at radius 1 is 0.690 bits per heavy atom. The molecule has 0 saturated carbocycles. The molecule has 3 amide bonds. The van der Waals surface area contributed by atoms with Crippen molar-refractivity contribution in [3.8, 4) is 0 Å². The van der Waals surface area contributed by atoms with Crippen LogP contribution in [0.5, 0.6) is 0 Å². The Labute approximate surface area is 169 Å². The van der Waals surface area contributed by atoms with E-state index in [4.69, 9.17) is 0 Å². The second-order valence-corrected chi connectivity index (χ2v) is 6.50. The predicted octanol–water partition coefficient (Wildman–Crippen LogP) is 4.08. The van der Waals surface area contributed by atoms with E-state index in [0.717, 1.165) is 5.56 Å². The van der Waals surface area contributed by atoms with Crippen LogP contribution in [0.4, 0.5) is 17.1 Å². The third kappa shape index (κ3) is 6.04. The maximum atomic E-state index is 12.4. The van der Waals surface area contributed by atoms with E-state index in [1.165, 1.54) is 6.92 Å². The van der Waals surface area contributed by atoms with Crippen molar-refractivity contribution in [1.82, 2.24) is 0 Å². The van der Waals surface area contributed by atoms with Crippen molar-refractivity contribution in [2.75, 3.05) is 16.0 Å². The van der Waals surface area contributed by atoms with Crippen molar-refractivity contribution in [1.29, 1.82) is 0 Å². The van der Waals surface area contributed by atoms with Crippen LogP contribution in [0, 0.1) is 0 Å². The van der Waals surface area contributed by atoms with Gasteiger partial charge in [-0.1, -0.05) is 36.4 Å². The molecule has 0 aliphatic rings. The van der Waals surface area contributed by atoms with E-state index >= 15 is 0 Å². The third-order valence-electron chi connectivity index (χ3n) is 4.08. The van der Waals surface area contributed by atoms with E-state index in [2.05, 4.69) is 16.0 Å². The highest BCUT2D eigenvalue weighted by molar-refractivity contribution is 6.05. The summed E-state index contributed by atoms with van der Waals surface area (Å²) in [6.45, 7) is 1.42. The minimum atomic E-state index is -0.285. The van der Waals surface area contributed by atoms with Gasteiger partial charge in [0.05, 0.1) is 6.42 Å². The van der Waals surface area contributed by atoms with Gasteiger partial charge in [0.2, 0.25) is 11.8 Å². The van der Waals surface area contributed by atoms with E-state index < -0.39 is 0 Å². The van der Waals surface area contributed by atoms with Gasteiger partial charge in [-0.05, 0) is 48.0 Å². The van der Waals surface area contributed by atoms with Gasteiger partial charge < -0.3 is 16.0 Å². The Bertz CT molecular complexity index is 1020. The summed E-state index contributed by atoms with van der Waals surface area (Å²) < 4.78 is 0. The Morgan fingerprint density at radius 3 is 2.00 bits per heavy atom. The summed E-state index contributed by atoms with van der Waals surface area (Å²) in [5.74, 6) is -0.589. The lowest BCUT2D eigenvalue weighted by Crippen LogP contribution is -2.15. The molecule has 3 rings (SSSR count). The zero-order valence-corrected chi connectivity index (χ0v) is 15.9. The summed E-state index contributed by atoms with van der Waals surface area (Å²) in [5.41, 5.74) is 3.18. The molecule has 0 atom stereocenters. The van der Waals surface area contributed by atoms with Gasteiger partial charge in [-0.2, -0.15) is 0 Å². The zero-order valence-electron chi connectivity index (χ0n) is 15.9. The average Bonchev–Trinajstić information content (AvgIpc) is 2.69. The van der Waals surface area contributed by atoms with Crippen LogP contribution in [0.3, 0.4) is 0 Å². The Morgan fingerprint density at radius 2 is 1.34 bits per heavy atom. The van der Waals surface area contributed by atoms with Gasteiger partial charge >= 0.3 is 0 Å². The quantitative estimate of drug-likeness (QED) is 0.596. The van der Waals surface area contributed by atoms with Crippen molar-refractivity contribution in [3.63, 3.8) is 0 Å². The summed E-state index contributed by atoms with van der Waals surface area (Å²) >= 11 is 0. The summed E-state index contributed by atoms with van der Waals surface area (Å²) in [4.78, 5) is 35.7. The van der Waals surface area contributed by atoms with Crippen LogP contribution in [-0.2, 0) is 16.0 Å². The average molecular weight is 387 g/mol. The molecule has 6 nitrogen and oxygen atoms in total. The predicted molar refractivity (Wildman–Crippen MR) is 114 cm³/mol. The van der Waals surface area contributed by atoms with Gasteiger partial charge in [0.25, 0.3) is 5.91 Å². The molecule has 0 aliphatic carbocycles. The van der Waals surface area contributed by atoms with E-state index in [1.54, 1.807) is 48.5 Å². The van der Waals surface area contributed by atoms with Crippen molar-refractivity contribution in [2.24, 2.45) is 0 Å². The lowest BCUT2D eigenvalue weighted by atomic mass is 10.1. The maximum Gasteiger partial charge on any atom is 0.255 e. The molecule has 3 aromatic rings. The van der Waals surface area contributed by atoms with E-state index in [0.29, 0.717) is 22.6 Å². The van der Waals surface area contributed by atoms with Crippen molar-refractivity contribution in [3.05, 3.63) is 90.0 Å². The first-order valence-corrected chi connectivity index (χ1v) is 9.12. The Kier molecular flexibility index (Phi) is 6.37. The Balaban J connectivity index is 1.58. The molecule has 3 aromatic carbocycles. The second-order valence-electron chi connectivity index (χ2n) is 6.50. The summed E-state index contributed by atoms with van der Waals surface area (Å²) in [6, 6.07) is 23.0. The number of amides is 3. The second kappa shape index (κ2) is 9.32. The Hall–Kier alpha value is -3.93. The molecule has 0 fully saturated rings. The number of rotatable bonds is 6. The van der Waals surface area contributed by atoms with Gasteiger partial charge in [0.1, 0.15) is 0 Å². The lowest BCUT2D eigenvalue weighted by Gasteiger charge is -2.09. The molecule has 0 aliphatic heterocycles. The van der Waals surface area contributed by atoms with E-state index in [9.17, 15) is 14.4 Å². The van der Waals surface area contributed by atoms with Crippen molar-refractivity contribution >= 4 is 34.8 Å². The standard InChI is InChI=1S/C23H21N3O3/c1-16(27)24-20-8-5-9-21(15-20)26-23(29)18-10-12-19(13-11-18)25-22(28)14-17-6-3-2-4-7-17/h2-13,15H,14H2,1H3,(H,24,27)(H,25,28)(H,26,29). The molecule has 6 heteroatoms. The fraction of sp³-hybridized carbons (Fsp3) is 0.0870. The molecular weight excluding hydrogens is 366 g/mol. The molecule has 0 heterocycles. The molecule has 0 radical (unpaired) electrons. The fourth-order valence-electron chi connectivity index (χ4n) is 2.77. The molecule has 0 unspecified atom stereocenters. The maximum absolute atomic E-state index is 12.4. The van der Waals surface area contributed by atoms with Crippen LogP contribution in [0.1, 0.15) is 22.8 Å². The van der Waals surface area contributed by atoms with Crippen LogP contribution in [0.15, 0.2) is 78.9 Å². The summed E-state index contributed by atoms with van der Waals surface area (Å²) in [6.07, 6.45) is 0.285. The molecule has 3 N–H and O–H groups in total. The molecule has 0 aromatic heterocycles. The topological polar surface area (TPSA) is 87.3 Å². The van der Waals surface area contributed by atoms with Crippen LogP contribution >= 0.6 is 0 Å². The third-order valence-corrected chi connectivity index (χ3v) is 4.08. The smallest absolute Gasteiger partial charge is 0.255 e. The molecule has 0 bridgehead atoms. The fourth-order valence-corrected chi connectivity index (χ4v) is 2.77. The number of anilines is 3. The number of hydrogen-bond acceptors (Lipinski definition) is 3. The van der Waals surface area contributed by atoms with Crippen LogP contribution in [-0.4, -0.2) is 17.7 Å². The van der Waals surface area contributed by atoms with E-state index in [-0.39, 0.29) is 24.1 Å². The zero-order chi connectivity index (χ0) is 20.6. The SMILES string of the molecule is CC(=O)Nc1cccc(NC(=O)c2ccc(NC(=O)Cc3ccccc3)cc2)c1. The highest BCUT2D eigenvalue weighted by Gasteiger charge is 2.08. The first-order valence-electron chi connectivity index (χ1n) is 9.12. The molecule has 0 saturated heterocycles. The number of carbonyl (C=O) groups is 3. The van der Waals surface area contributed by atoms with E-state index in [1.807, 2.05) is 30.3 Å². The van der Waals surface area contributed by atoms with Crippen LogP contribution in [0.25, 0.3) is 0 Å². The highest BCUT2D eigenvalue weighted by Crippen LogP contribution is 2.17. The van der Waals surface area contributed by atoms with Gasteiger partial charge in [0, 0.05) is 29.5 Å². The highest BCUT2D eigenvalue weighted by atomic mass is 16.2. The van der Waals surface area contributed by atoms with Crippen LogP contribution < -0.4 is 16.0 Å².